The van der Waals surface area contributed by atoms with Crippen molar-refractivity contribution in [2.75, 3.05) is 12.9 Å². The lowest BCUT2D eigenvalue weighted by Gasteiger charge is -2.07. The summed E-state index contributed by atoms with van der Waals surface area (Å²) in [5, 5.41) is 11.2. The zero-order valence-corrected chi connectivity index (χ0v) is 16.2. The van der Waals surface area contributed by atoms with Crippen LogP contribution in [-0.2, 0) is 22.7 Å². The highest BCUT2D eigenvalue weighted by molar-refractivity contribution is 7.99. The Kier molecular flexibility index (Phi) is 6.30. The third-order valence-electron chi connectivity index (χ3n) is 3.65. The van der Waals surface area contributed by atoms with E-state index in [-0.39, 0.29) is 18.3 Å². The van der Waals surface area contributed by atoms with Crippen molar-refractivity contribution < 1.29 is 14.3 Å². The van der Waals surface area contributed by atoms with E-state index in [2.05, 4.69) is 10.2 Å². The van der Waals surface area contributed by atoms with Crippen LogP contribution in [0.2, 0.25) is 0 Å². The van der Waals surface area contributed by atoms with Crippen molar-refractivity contribution in [2.45, 2.75) is 25.2 Å². The van der Waals surface area contributed by atoms with Gasteiger partial charge in [-0.15, -0.1) is 21.5 Å². The topological polar surface area (TPSA) is 66.2 Å². The highest BCUT2D eigenvalue weighted by atomic mass is 32.2. The Morgan fingerprint density at radius 3 is 2.69 bits per heavy atom. The smallest absolute Gasteiger partial charge is 0.316 e. The van der Waals surface area contributed by atoms with Gasteiger partial charge in [0.05, 0.1) is 17.7 Å². The van der Waals surface area contributed by atoms with Crippen LogP contribution in [0.25, 0.3) is 10.7 Å². The maximum absolute atomic E-state index is 12.0. The van der Waals surface area contributed by atoms with Crippen molar-refractivity contribution in [2.24, 2.45) is 0 Å². The molecule has 2 aromatic heterocycles. The van der Waals surface area contributed by atoms with E-state index in [4.69, 9.17) is 9.47 Å². The summed E-state index contributed by atoms with van der Waals surface area (Å²) in [6, 6.07) is 11.4. The summed E-state index contributed by atoms with van der Waals surface area (Å²) in [7, 11) is 1.62. The standard InChI is InChI=1S/C18H19N3O3S2/c1-3-21-17(15-5-4-10-25-15)19-20-18(21)26-12-16(22)24-11-13-6-8-14(23-2)9-7-13/h4-10H,3,11-12H2,1-2H3. The Balaban J connectivity index is 1.54. The fourth-order valence-electron chi connectivity index (χ4n) is 2.32. The summed E-state index contributed by atoms with van der Waals surface area (Å²) in [4.78, 5) is 13.1. The molecule has 8 heteroatoms. The Morgan fingerprint density at radius 2 is 2.04 bits per heavy atom. The summed E-state index contributed by atoms with van der Waals surface area (Å²) < 4.78 is 12.4. The quantitative estimate of drug-likeness (QED) is 0.430. The molecule has 0 unspecified atom stereocenters. The molecule has 0 aliphatic rings. The van der Waals surface area contributed by atoms with Crippen molar-refractivity contribution in [1.29, 1.82) is 0 Å². The molecule has 0 spiro atoms. The average Bonchev–Trinajstić information content (AvgIpc) is 3.34. The zero-order chi connectivity index (χ0) is 18.4. The average molecular weight is 390 g/mol. The van der Waals surface area contributed by atoms with Crippen molar-refractivity contribution in [3.05, 3.63) is 47.3 Å². The first-order valence-electron chi connectivity index (χ1n) is 8.09. The van der Waals surface area contributed by atoms with Crippen LogP contribution in [0.5, 0.6) is 5.75 Å². The van der Waals surface area contributed by atoms with Crippen molar-refractivity contribution >= 4 is 29.1 Å². The van der Waals surface area contributed by atoms with Crippen LogP contribution in [-0.4, -0.2) is 33.6 Å². The summed E-state index contributed by atoms with van der Waals surface area (Å²) in [5.41, 5.74) is 0.917. The number of benzene rings is 1. The second-order valence-electron chi connectivity index (χ2n) is 5.33. The van der Waals surface area contributed by atoms with Crippen molar-refractivity contribution in [1.82, 2.24) is 14.8 Å². The first-order chi connectivity index (χ1) is 12.7. The molecule has 0 bridgehead atoms. The van der Waals surface area contributed by atoms with Gasteiger partial charge in [-0.05, 0) is 36.1 Å². The summed E-state index contributed by atoms with van der Waals surface area (Å²) in [5.74, 6) is 1.51. The normalized spacial score (nSPS) is 10.7. The van der Waals surface area contributed by atoms with Gasteiger partial charge in [-0.1, -0.05) is 30.0 Å². The van der Waals surface area contributed by atoms with Gasteiger partial charge in [-0.2, -0.15) is 0 Å². The molecule has 0 atom stereocenters. The minimum atomic E-state index is -0.283. The summed E-state index contributed by atoms with van der Waals surface area (Å²) in [6.07, 6.45) is 0. The second-order valence-corrected chi connectivity index (χ2v) is 7.22. The molecule has 6 nitrogen and oxygen atoms in total. The van der Waals surface area contributed by atoms with Gasteiger partial charge in [0.2, 0.25) is 0 Å². The van der Waals surface area contributed by atoms with Gasteiger partial charge < -0.3 is 14.0 Å². The van der Waals surface area contributed by atoms with Gasteiger partial charge in [0.25, 0.3) is 0 Å². The minimum absolute atomic E-state index is 0.193. The van der Waals surface area contributed by atoms with E-state index < -0.39 is 0 Å². The number of carbonyl (C=O) groups excluding carboxylic acids is 1. The van der Waals surface area contributed by atoms with Crippen LogP contribution in [0.15, 0.2) is 46.9 Å². The fraction of sp³-hybridized carbons (Fsp3) is 0.278. The van der Waals surface area contributed by atoms with Gasteiger partial charge in [0.1, 0.15) is 12.4 Å². The van der Waals surface area contributed by atoms with Gasteiger partial charge in [-0.3, -0.25) is 4.79 Å². The Bertz CT molecular complexity index is 845. The van der Waals surface area contributed by atoms with Gasteiger partial charge >= 0.3 is 5.97 Å². The molecule has 1 aromatic carbocycles. The van der Waals surface area contributed by atoms with E-state index in [1.54, 1.807) is 18.4 Å². The molecule has 0 amide bonds. The van der Waals surface area contributed by atoms with E-state index in [0.717, 1.165) is 33.7 Å². The van der Waals surface area contributed by atoms with Crippen LogP contribution in [0, 0.1) is 0 Å². The first kappa shape index (κ1) is 18.5. The maximum atomic E-state index is 12.0. The fourth-order valence-corrected chi connectivity index (χ4v) is 3.84. The first-order valence-corrected chi connectivity index (χ1v) is 9.96. The van der Waals surface area contributed by atoms with Crippen molar-refractivity contribution in [3.8, 4) is 16.5 Å². The Hall–Kier alpha value is -2.32. The second kappa shape index (κ2) is 8.86. The van der Waals surface area contributed by atoms with E-state index in [1.807, 2.05) is 53.3 Å². The van der Waals surface area contributed by atoms with E-state index in [9.17, 15) is 4.79 Å². The molecule has 0 radical (unpaired) electrons. The van der Waals surface area contributed by atoms with Crippen LogP contribution >= 0.6 is 23.1 Å². The van der Waals surface area contributed by atoms with Crippen LogP contribution in [0.1, 0.15) is 12.5 Å². The number of thiophene rings is 1. The van der Waals surface area contributed by atoms with E-state index in [0.29, 0.717) is 0 Å². The number of aromatic nitrogens is 3. The molecule has 0 saturated carbocycles. The van der Waals surface area contributed by atoms with Gasteiger partial charge in [-0.25, -0.2) is 0 Å². The molecule has 136 valence electrons. The zero-order valence-electron chi connectivity index (χ0n) is 14.5. The lowest BCUT2D eigenvalue weighted by Crippen LogP contribution is -2.08. The molecular formula is C18H19N3O3S2. The predicted molar refractivity (Wildman–Crippen MR) is 103 cm³/mol. The molecular weight excluding hydrogens is 370 g/mol. The number of esters is 1. The lowest BCUT2D eigenvalue weighted by atomic mass is 10.2. The van der Waals surface area contributed by atoms with Crippen LogP contribution in [0.4, 0.5) is 0 Å². The van der Waals surface area contributed by atoms with E-state index in [1.165, 1.54) is 11.8 Å². The van der Waals surface area contributed by atoms with Crippen LogP contribution < -0.4 is 4.74 Å². The summed E-state index contributed by atoms with van der Waals surface area (Å²) in [6.45, 7) is 3.01. The molecule has 0 saturated heterocycles. The number of rotatable bonds is 8. The molecule has 3 aromatic rings. The molecule has 0 aliphatic carbocycles. The predicted octanol–water partition coefficient (Wildman–Crippen LogP) is 3.87. The SMILES string of the molecule is CCn1c(SCC(=O)OCc2ccc(OC)cc2)nnc1-c1cccs1. The number of methoxy groups -OCH3 is 1. The number of ether oxygens (including phenoxy) is 2. The number of thioether (sulfide) groups is 1. The van der Waals surface area contributed by atoms with E-state index >= 15 is 0 Å². The highest BCUT2D eigenvalue weighted by Crippen LogP contribution is 2.27. The molecule has 3 rings (SSSR count). The van der Waals surface area contributed by atoms with Crippen LogP contribution in [0.3, 0.4) is 0 Å². The number of hydrogen-bond donors (Lipinski definition) is 0. The third kappa shape index (κ3) is 4.44. The number of hydrogen-bond acceptors (Lipinski definition) is 7. The maximum Gasteiger partial charge on any atom is 0.316 e. The monoisotopic (exact) mass is 389 g/mol. The van der Waals surface area contributed by atoms with Gasteiger partial charge in [0.15, 0.2) is 11.0 Å². The summed E-state index contributed by atoms with van der Waals surface area (Å²) >= 11 is 2.96. The Labute approximate surface area is 160 Å². The highest BCUT2D eigenvalue weighted by Gasteiger charge is 2.15. The lowest BCUT2D eigenvalue weighted by molar-refractivity contribution is -0.141. The Morgan fingerprint density at radius 1 is 1.23 bits per heavy atom. The molecule has 0 fully saturated rings. The minimum Gasteiger partial charge on any atom is -0.497 e. The van der Waals surface area contributed by atoms with Gasteiger partial charge in [0, 0.05) is 6.54 Å². The molecule has 0 aliphatic heterocycles. The third-order valence-corrected chi connectivity index (χ3v) is 5.46. The largest absolute Gasteiger partial charge is 0.497 e. The molecule has 2 heterocycles. The van der Waals surface area contributed by atoms with Crippen molar-refractivity contribution in [3.63, 3.8) is 0 Å². The number of nitrogens with zero attached hydrogens (tertiary/aromatic N) is 3. The molecule has 26 heavy (non-hydrogen) atoms. The molecule has 0 N–H and O–H groups in total. The number of carbonyl (C=O) groups is 1.